The molecule has 1 aromatic carbocycles. The van der Waals surface area contributed by atoms with Gasteiger partial charge in [-0.25, -0.2) is 14.8 Å². The molecule has 0 saturated heterocycles. The second kappa shape index (κ2) is 8.34. The highest BCUT2D eigenvalue weighted by atomic mass is 32.1. The summed E-state index contributed by atoms with van der Waals surface area (Å²) in [6.45, 7) is 9.42. The van der Waals surface area contributed by atoms with E-state index in [1.807, 2.05) is 25.1 Å². The summed E-state index contributed by atoms with van der Waals surface area (Å²) >= 11 is 1.80. The van der Waals surface area contributed by atoms with Crippen molar-refractivity contribution in [2.75, 3.05) is 11.9 Å². The van der Waals surface area contributed by atoms with Crippen molar-refractivity contribution in [1.82, 2.24) is 9.97 Å². The predicted molar refractivity (Wildman–Crippen MR) is 123 cm³/mol. The lowest BCUT2D eigenvalue weighted by molar-refractivity contribution is 0.0505. The number of carbonyl (C=O) groups excluding carboxylic acids is 1. The average molecular weight is 424 g/mol. The molecule has 1 aliphatic carbocycles. The SMILES string of the molecule is CCCOC(=O)c1cccc(Nc2ncnc3sc4c(c23)CCC(C(C)(C)C)C4)c1. The van der Waals surface area contributed by atoms with E-state index in [4.69, 9.17) is 4.74 Å². The number of benzene rings is 1. The largest absolute Gasteiger partial charge is 0.462 e. The lowest BCUT2D eigenvalue weighted by Gasteiger charge is -2.33. The first-order valence-electron chi connectivity index (χ1n) is 10.7. The maximum absolute atomic E-state index is 12.2. The topological polar surface area (TPSA) is 64.1 Å². The van der Waals surface area contributed by atoms with Crippen molar-refractivity contribution in [1.29, 1.82) is 0 Å². The Morgan fingerprint density at radius 2 is 2.13 bits per heavy atom. The van der Waals surface area contributed by atoms with Gasteiger partial charge in [-0.05, 0) is 60.8 Å². The number of hydrogen-bond donors (Lipinski definition) is 1. The van der Waals surface area contributed by atoms with Crippen LogP contribution in [0.5, 0.6) is 0 Å². The zero-order valence-electron chi connectivity index (χ0n) is 18.1. The second-order valence-corrected chi connectivity index (χ2v) is 10.1. The van der Waals surface area contributed by atoms with Crippen molar-refractivity contribution < 1.29 is 9.53 Å². The number of aryl methyl sites for hydroxylation is 1. The molecule has 158 valence electrons. The molecule has 3 aromatic rings. The highest BCUT2D eigenvalue weighted by Crippen LogP contribution is 2.44. The maximum atomic E-state index is 12.2. The molecule has 4 rings (SSSR count). The number of ether oxygens (including phenoxy) is 1. The Bertz CT molecular complexity index is 1070. The second-order valence-electron chi connectivity index (χ2n) is 9.05. The molecule has 2 heterocycles. The number of nitrogens with one attached hydrogen (secondary N) is 1. The zero-order valence-corrected chi connectivity index (χ0v) is 18.9. The minimum atomic E-state index is -0.297. The molecule has 1 atom stereocenters. The molecule has 5 nitrogen and oxygen atoms in total. The minimum Gasteiger partial charge on any atom is -0.462 e. The molecule has 6 heteroatoms. The van der Waals surface area contributed by atoms with Crippen molar-refractivity contribution in [3.05, 3.63) is 46.6 Å². The van der Waals surface area contributed by atoms with Crippen LogP contribution in [0.1, 0.15) is 61.3 Å². The van der Waals surface area contributed by atoms with Gasteiger partial charge < -0.3 is 10.1 Å². The highest BCUT2D eigenvalue weighted by Gasteiger charge is 2.31. The smallest absolute Gasteiger partial charge is 0.338 e. The molecule has 0 bridgehead atoms. The molecule has 1 N–H and O–H groups in total. The van der Waals surface area contributed by atoms with Gasteiger partial charge in [-0.3, -0.25) is 0 Å². The van der Waals surface area contributed by atoms with E-state index in [0.717, 1.165) is 41.0 Å². The summed E-state index contributed by atoms with van der Waals surface area (Å²) in [4.78, 5) is 23.8. The molecule has 1 unspecified atom stereocenters. The third-order valence-corrected chi connectivity index (χ3v) is 7.03. The Labute approximate surface area is 181 Å². The van der Waals surface area contributed by atoms with Crippen LogP contribution in [0.4, 0.5) is 11.5 Å². The van der Waals surface area contributed by atoms with E-state index in [-0.39, 0.29) is 5.97 Å². The van der Waals surface area contributed by atoms with Gasteiger partial charge in [0.05, 0.1) is 17.6 Å². The number of thiophene rings is 1. The average Bonchev–Trinajstić information content (AvgIpc) is 3.10. The van der Waals surface area contributed by atoms with Crippen molar-refractivity contribution >= 4 is 39.0 Å². The van der Waals surface area contributed by atoms with Gasteiger partial charge in [-0.15, -0.1) is 11.3 Å². The van der Waals surface area contributed by atoms with Crippen LogP contribution in [-0.2, 0) is 17.6 Å². The molecular weight excluding hydrogens is 394 g/mol. The number of esters is 1. The summed E-state index contributed by atoms with van der Waals surface area (Å²) in [6, 6.07) is 7.40. The van der Waals surface area contributed by atoms with Gasteiger partial charge in [0.2, 0.25) is 0 Å². The molecule has 0 fully saturated rings. The van der Waals surface area contributed by atoms with Crippen molar-refractivity contribution in [3.8, 4) is 0 Å². The summed E-state index contributed by atoms with van der Waals surface area (Å²) in [5, 5.41) is 4.55. The van der Waals surface area contributed by atoms with Crippen LogP contribution in [-0.4, -0.2) is 22.5 Å². The summed E-state index contributed by atoms with van der Waals surface area (Å²) in [5.74, 6) is 1.20. The summed E-state index contributed by atoms with van der Waals surface area (Å²) in [6.07, 6.45) is 5.78. The van der Waals surface area contributed by atoms with E-state index in [1.165, 1.54) is 16.9 Å². The van der Waals surface area contributed by atoms with Crippen LogP contribution in [0, 0.1) is 11.3 Å². The molecule has 0 radical (unpaired) electrons. The van der Waals surface area contributed by atoms with Gasteiger partial charge in [0.15, 0.2) is 0 Å². The highest BCUT2D eigenvalue weighted by molar-refractivity contribution is 7.19. The first kappa shape index (κ1) is 20.8. The molecule has 30 heavy (non-hydrogen) atoms. The van der Waals surface area contributed by atoms with Crippen LogP contribution in [0.3, 0.4) is 0 Å². The maximum Gasteiger partial charge on any atom is 0.338 e. The van der Waals surface area contributed by atoms with E-state index < -0.39 is 0 Å². The quantitative estimate of drug-likeness (QED) is 0.498. The van der Waals surface area contributed by atoms with Crippen LogP contribution >= 0.6 is 11.3 Å². The number of carbonyl (C=O) groups is 1. The number of aromatic nitrogens is 2. The van der Waals surface area contributed by atoms with Crippen LogP contribution < -0.4 is 5.32 Å². The predicted octanol–water partition coefficient (Wildman–Crippen LogP) is 6.15. The minimum absolute atomic E-state index is 0.297. The molecule has 0 spiro atoms. The normalized spacial score (nSPS) is 16.3. The van der Waals surface area contributed by atoms with Crippen molar-refractivity contribution in [2.45, 2.75) is 53.4 Å². The fourth-order valence-corrected chi connectivity index (χ4v) is 5.35. The number of anilines is 2. The van der Waals surface area contributed by atoms with Gasteiger partial charge in [0.25, 0.3) is 0 Å². The van der Waals surface area contributed by atoms with Crippen LogP contribution in [0.15, 0.2) is 30.6 Å². The van der Waals surface area contributed by atoms with E-state index in [9.17, 15) is 4.79 Å². The van der Waals surface area contributed by atoms with E-state index in [2.05, 4.69) is 36.1 Å². The van der Waals surface area contributed by atoms with Crippen molar-refractivity contribution in [2.24, 2.45) is 11.3 Å². The summed E-state index contributed by atoms with van der Waals surface area (Å²) in [7, 11) is 0. The first-order valence-corrected chi connectivity index (χ1v) is 11.5. The van der Waals surface area contributed by atoms with Crippen LogP contribution in [0.2, 0.25) is 0 Å². The molecule has 0 aliphatic heterocycles. The summed E-state index contributed by atoms with van der Waals surface area (Å²) in [5.41, 5.74) is 3.06. The number of hydrogen-bond acceptors (Lipinski definition) is 6. The van der Waals surface area contributed by atoms with E-state index >= 15 is 0 Å². The van der Waals surface area contributed by atoms with Crippen molar-refractivity contribution in [3.63, 3.8) is 0 Å². The Hall–Kier alpha value is -2.47. The Balaban J connectivity index is 1.64. The van der Waals surface area contributed by atoms with E-state index in [0.29, 0.717) is 23.5 Å². The molecule has 1 aliphatic rings. The van der Waals surface area contributed by atoms with Gasteiger partial charge in [0.1, 0.15) is 17.0 Å². The third kappa shape index (κ3) is 4.19. The first-order chi connectivity index (χ1) is 14.4. The standard InChI is InChI=1S/C24H29N3O2S/c1-5-11-29-23(28)15-7-6-8-17(12-15)27-21-20-18-10-9-16(24(2,3)4)13-19(18)30-22(20)26-14-25-21/h6-8,12,14,16H,5,9-11,13H2,1-4H3,(H,25,26,27). The monoisotopic (exact) mass is 423 g/mol. The lowest BCUT2D eigenvalue weighted by atomic mass is 9.72. The molecule has 2 aromatic heterocycles. The summed E-state index contributed by atoms with van der Waals surface area (Å²) < 4.78 is 5.26. The van der Waals surface area contributed by atoms with E-state index in [1.54, 1.807) is 23.7 Å². The fraction of sp³-hybridized carbons (Fsp3) is 0.458. The zero-order chi connectivity index (χ0) is 21.3. The third-order valence-electron chi connectivity index (χ3n) is 5.87. The number of nitrogens with zero attached hydrogens (tertiary/aromatic N) is 2. The fourth-order valence-electron chi connectivity index (χ4n) is 4.08. The molecule has 0 amide bonds. The number of rotatable bonds is 5. The molecular formula is C24H29N3O2S. The van der Waals surface area contributed by atoms with Gasteiger partial charge in [-0.2, -0.15) is 0 Å². The number of fused-ring (bicyclic) bond motifs is 3. The Kier molecular flexibility index (Phi) is 5.78. The lowest BCUT2D eigenvalue weighted by Crippen LogP contribution is -2.26. The Morgan fingerprint density at radius 1 is 1.30 bits per heavy atom. The Morgan fingerprint density at radius 3 is 2.90 bits per heavy atom. The van der Waals surface area contributed by atoms with Crippen LogP contribution in [0.25, 0.3) is 10.2 Å². The van der Waals surface area contributed by atoms with Gasteiger partial charge >= 0.3 is 5.97 Å². The van der Waals surface area contributed by atoms with Gasteiger partial charge in [-0.1, -0.05) is 33.8 Å². The van der Waals surface area contributed by atoms with Gasteiger partial charge in [0, 0.05) is 10.6 Å². The molecule has 0 saturated carbocycles.